The van der Waals surface area contributed by atoms with Gasteiger partial charge < -0.3 is 8.83 Å². The van der Waals surface area contributed by atoms with Crippen LogP contribution in [0.4, 0.5) is 0 Å². The van der Waals surface area contributed by atoms with Crippen molar-refractivity contribution < 1.29 is 8.83 Å². The summed E-state index contributed by atoms with van der Waals surface area (Å²) in [5.74, 6) is 3.83. The van der Waals surface area contributed by atoms with Gasteiger partial charge in [0.1, 0.15) is 23.0 Å². The van der Waals surface area contributed by atoms with Crippen molar-refractivity contribution in [1.82, 2.24) is 0 Å². The highest BCUT2D eigenvalue weighted by Crippen LogP contribution is 2.54. The third kappa shape index (κ3) is 5.99. The second-order valence-corrected chi connectivity index (χ2v) is 19.5. The van der Waals surface area contributed by atoms with E-state index in [1.54, 1.807) is 0 Å². The van der Waals surface area contributed by atoms with E-state index in [4.69, 9.17) is 8.83 Å². The number of benzene rings is 4. The smallest absolute Gasteiger partial charge is 0.130 e. The molecule has 1 radical (unpaired) electrons. The molecule has 2 aromatic heterocycles. The van der Waals surface area contributed by atoms with Crippen LogP contribution in [0.5, 0.6) is 0 Å². The number of furan rings is 2. The van der Waals surface area contributed by atoms with Gasteiger partial charge in [0.2, 0.25) is 0 Å². The molecule has 0 spiro atoms. The Hall–Kier alpha value is -4.86. The van der Waals surface area contributed by atoms with Crippen molar-refractivity contribution in [3.05, 3.63) is 166 Å². The van der Waals surface area contributed by atoms with Crippen LogP contribution in [0.25, 0.3) is 45.6 Å². The normalized spacial score (nSPS) is 17.0. The van der Waals surface area contributed by atoms with Gasteiger partial charge in [-0.05, 0) is 128 Å². The minimum Gasteiger partial charge on any atom is -0.462 e. The maximum absolute atomic E-state index is 6.45. The van der Waals surface area contributed by atoms with Crippen LogP contribution in [0.1, 0.15) is 109 Å². The zero-order valence-corrected chi connectivity index (χ0v) is 33.0. The lowest BCUT2D eigenvalue weighted by Gasteiger charge is -2.30. The summed E-state index contributed by atoms with van der Waals surface area (Å²) in [4.78, 5) is 0. The lowest BCUT2D eigenvalue weighted by molar-refractivity contribution is 0.519. The van der Waals surface area contributed by atoms with Crippen molar-refractivity contribution in [2.45, 2.75) is 83.8 Å². The summed E-state index contributed by atoms with van der Waals surface area (Å²) in [6, 6.07) is 40.7. The van der Waals surface area contributed by atoms with Gasteiger partial charge in [-0.3, -0.25) is 0 Å². The van der Waals surface area contributed by atoms with Crippen LogP contribution in [0.3, 0.4) is 0 Å². The van der Waals surface area contributed by atoms with Crippen LogP contribution < -0.4 is 0 Å². The number of aryl methyl sites for hydroxylation is 2. The predicted molar refractivity (Wildman–Crippen MR) is 221 cm³/mol. The van der Waals surface area contributed by atoms with Crippen LogP contribution in [0.2, 0.25) is 6.55 Å². The molecule has 2 heterocycles. The minimum absolute atomic E-state index is 0.108. The molecule has 261 valence electrons. The molecule has 2 aliphatic rings. The molecular formula is C49H49O2Si. The van der Waals surface area contributed by atoms with Crippen molar-refractivity contribution in [2.75, 3.05) is 0 Å². The highest BCUT2D eigenvalue weighted by molar-refractivity contribution is 6.66. The molecule has 0 aliphatic heterocycles. The Kier molecular flexibility index (Phi) is 8.34. The summed E-state index contributed by atoms with van der Waals surface area (Å²) in [6.45, 7) is 20.3. The first-order chi connectivity index (χ1) is 24.8. The van der Waals surface area contributed by atoms with Crippen molar-refractivity contribution in [2.24, 2.45) is 0 Å². The third-order valence-electron chi connectivity index (χ3n) is 11.2. The van der Waals surface area contributed by atoms with Gasteiger partial charge in [-0.25, -0.2) is 0 Å². The number of rotatable bonds is 6. The Morgan fingerprint density at radius 2 is 0.865 bits per heavy atom. The van der Waals surface area contributed by atoms with E-state index >= 15 is 0 Å². The van der Waals surface area contributed by atoms with Crippen molar-refractivity contribution >= 4 is 32.1 Å². The standard InChI is InChI=1S/C49H49O2Si/c1-30-16-26-44(50-30)42-28-40-36(32-18-22-34(23-19-32)48(3,4)5)12-10-14-38(40)46(42)52(9)47-39-15-11-13-37(33-20-24-35(25-21-33)49(6,7)8)41(39)29-43(47)45-27-17-31(2)51-45/h10-29,46-47H,1-9H3. The van der Waals surface area contributed by atoms with Crippen molar-refractivity contribution in [3.8, 4) is 22.3 Å². The van der Waals surface area contributed by atoms with E-state index in [9.17, 15) is 0 Å². The Morgan fingerprint density at radius 3 is 1.19 bits per heavy atom. The molecule has 0 saturated heterocycles. The fourth-order valence-electron chi connectivity index (χ4n) is 8.36. The molecule has 2 unspecified atom stereocenters. The first-order valence-corrected chi connectivity index (χ1v) is 20.8. The number of hydrogen-bond acceptors (Lipinski definition) is 2. The van der Waals surface area contributed by atoms with Gasteiger partial charge in [-0.15, -0.1) is 0 Å². The number of fused-ring (bicyclic) bond motifs is 2. The number of allylic oxidation sites excluding steroid dienone is 2. The molecule has 0 amide bonds. The molecule has 4 aromatic carbocycles. The molecule has 6 aromatic rings. The van der Waals surface area contributed by atoms with Gasteiger partial charge >= 0.3 is 0 Å². The van der Waals surface area contributed by atoms with Gasteiger partial charge in [-0.1, -0.05) is 133 Å². The van der Waals surface area contributed by atoms with E-state index in [0.29, 0.717) is 0 Å². The Morgan fingerprint density at radius 1 is 0.481 bits per heavy atom. The maximum Gasteiger partial charge on any atom is 0.130 e. The minimum atomic E-state index is -1.24. The summed E-state index contributed by atoms with van der Waals surface area (Å²) < 4.78 is 12.9. The molecular weight excluding hydrogens is 649 g/mol. The molecule has 52 heavy (non-hydrogen) atoms. The average molecular weight is 698 g/mol. The molecule has 3 heteroatoms. The van der Waals surface area contributed by atoms with Gasteiger partial charge in [0, 0.05) is 11.1 Å². The first kappa shape index (κ1) is 34.2. The topological polar surface area (TPSA) is 26.3 Å². The van der Waals surface area contributed by atoms with Crippen LogP contribution in [-0.4, -0.2) is 8.80 Å². The summed E-state index contributed by atoms with van der Waals surface area (Å²) in [6.07, 6.45) is 4.87. The molecule has 0 fully saturated rings. The second kappa shape index (κ2) is 12.7. The quantitative estimate of drug-likeness (QED) is 0.162. The van der Waals surface area contributed by atoms with Gasteiger partial charge in [0.15, 0.2) is 0 Å². The molecule has 0 saturated carbocycles. The molecule has 2 nitrogen and oxygen atoms in total. The largest absolute Gasteiger partial charge is 0.462 e. The highest BCUT2D eigenvalue weighted by Gasteiger charge is 2.43. The Bertz CT molecular complexity index is 2180. The predicted octanol–water partition coefficient (Wildman–Crippen LogP) is 13.6. The monoisotopic (exact) mass is 697 g/mol. The second-order valence-electron chi connectivity index (χ2n) is 16.9. The average Bonchev–Trinajstić information content (AvgIpc) is 3.91. The Balaban J connectivity index is 1.27. The fourth-order valence-corrected chi connectivity index (χ4v) is 11.6. The number of hydrogen-bond donors (Lipinski definition) is 0. The maximum atomic E-state index is 6.45. The lowest BCUT2D eigenvalue weighted by atomic mass is 9.86. The van der Waals surface area contributed by atoms with Gasteiger partial charge in [-0.2, -0.15) is 0 Å². The van der Waals surface area contributed by atoms with Crippen LogP contribution in [-0.2, 0) is 10.8 Å². The summed E-state index contributed by atoms with van der Waals surface area (Å²) in [5.41, 5.74) is 16.4. The SMILES string of the molecule is Cc1ccc(C2=Cc3c(-c4ccc(C(C)(C)C)cc4)cccc3C2[Si](C)C2C(c3ccc(C)o3)=Cc3c(-c4ccc(C(C)(C)C)cc4)cccc32)o1. The van der Waals surface area contributed by atoms with E-state index < -0.39 is 8.80 Å². The van der Waals surface area contributed by atoms with E-state index in [1.807, 2.05) is 13.8 Å². The molecule has 8 rings (SSSR count). The van der Waals surface area contributed by atoms with Crippen molar-refractivity contribution in [1.29, 1.82) is 0 Å². The van der Waals surface area contributed by atoms with E-state index in [0.717, 1.165) is 23.0 Å². The summed E-state index contributed by atoms with van der Waals surface area (Å²) in [5, 5.41) is 0. The van der Waals surface area contributed by atoms with E-state index in [-0.39, 0.29) is 21.9 Å². The van der Waals surface area contributed by atoms with Gasteiger partial charge in [0.05, 0.1) is 8.80 Å². The van der Waals surface area contributed by atoms with Gasteiger partial charge in [0.25, 0.3) is 0 Å². The fraction of sp³-hybridized carbons (Fsp3) is 0.265. The zero-order valence-electron chi connectivity index (χ0n) is 32.0. The third-order valence-corrected chi connectivity index (χ3v) is 14.3. The zero-order chi connectivity index (χ0) is 36.5. The molecule has 0 bridgehead atoms. The van der Waals surface area contributed by atoms with Crippen LogP contribution >= 0.6 is 0 Å². The highest BCUT2D eigenvalue weighted by atomic mass is 28.3. The Labute approximate surface area is 311 Å². The summed E-state index contributed by atoms with van der Waals surface area (Å²) in [7, 11) is -1.24. The first-order valence-electron chi connectivity index (χ1n) is 18.7. The van der Waals surface area contributed by atoms with E-state index in [2.05, 4.69) is 169 Å². The van der Waals surface area contributed by atoms with E-state index in [1.165, 1.54) is 66.8 Å². The summed E-state index contributed by atoms with van der Waals surface area (Å²) >= 11 is 0. The molecule has 0 N–H and O–H groups in total. The molecule has 2 aliphatic carbocycles. The van der Waals surface area contributed by atoms with Crippen LogP contribution in [0.15, 0.2) is 118 Å². The lowest BCUT2D eigenvalue weighted by Crippen LogP contribution is -2.28. The molecule has 2 atom stereocenters. The van der Waals surface area contributed by atoms with Crippen LogP contribution in [0, 0.1) is 13.8 Å². The van der Waals surface area contributed by atoms with Crippen molar-refractivity contribution in [3.63, 3.8) is 0 Å².